The van der Waals surface area contributed by atoms with Crippen molar-refractivity contribution in [1.82, 2.24) is 0 Å². The SMILES string of the molecule is Cc1ccc(/C=C/C(=O)O)cc1S(=O)(=O)Nc1ccc(C(=O)O)c(O)c1. The zero-order chi connectivity index (χ0) is 19.5. The van der Waals surface area contributed by atoms with Crippen molar-refractivity contribution in [3.05, 3.63) is 59.2 Å². The van der Waals surface area contributed by atoms with E-state index in [0.29, 0.717) is 11.1 Å². The van der Waals surface area contributed by atoms with E-state index in [1.165, 1.54) is 24.3 Å². The normalized spacial score (nSPS) is 11.4. The van der Waals surface area contributed by atoms with Crippen LogP contribution < -0.4 is 4.72 Å². The number of benzene rings is 2. The van der Waals surface area contributed by atoms with Gasteiger partial charge in [0.1, 0.15) is 11.3 Å². The Morgan fingerprint density at radius 1 is 1.08 bits per heavy atom. The minimum Gasteiger partial charge on any atom is -0.507 e. The van der Waals surface area contributed by atoms with Crippen molar-refractivity contribution in [3.8, 4) is 5.75 Å². The monoisotopic (exact) mass is 377 g/mol. The first kappa shape index (κ1) is 19.0. The number of carboxylic acids is 2. The Morgan fingerprint density at radius 2 is 1.77 bits per heavy atom. The number of aryl methyl sites for hydroxylation is 1. The van der Waals surface area contributed by atoms with Gasteiger partial charge in [-0.1, -0.05) is 12.1 Å². The molecule has 26 heavy (non-hydrogen) atoms. The maximum atomic E-state index is 12.6. The van der Waals surface area contributed by atoms with Crippen LogP contribution in [0.25, 0.3) is 6.08 Å². The number of phenols is 1. The van der Waals surface area contributed by atoms with E-state index < -0.39 is 27.7 Å². The Hall–Kier alpha value is -3.33. The van der Waals surface area contributed by atoms with Crippen LogP contribution in [0.1, 0.15) is 21.5 Å². The average molecular weight is 377 g/mol. The molecule has 4 N–H and O–H groups in total. The molecule has 0 aliphatic rings. The van der Waals surface area contributed by atoms with Crippen molar-refractivity contribution in [2.45, 2.75) is 11.8 Å². The van der Waals surface area contributed by atoms with Crippen LogP contribution in [-0.2, 0) is 14.8 Å². The van der Waals surface area contributed by atoms with Gasteiger partial charge in [0.15, 0.2) is 0 Å². The van der Waals surface area contributed by atoms with Crippen molar-refractivity contribution >= 4 is 33.7 Å². The predicted octanol–water partition coefficient (Wildman–Crippen LogP) is 2.30. The van der Waals surface area contributed by atoms with Crippen molar-refractivity contribution in [2.24, 2.45) is 0 Å². The molecular formula is C17H15NO7S. The molecule has 9 heteroatoms. The second-order valence-electron chi connectivity index (χ2n) is 5.34. The third kappa shape index (κ3) is 4.39. The standard InChI is InChI=1S/C17H15NO7S/c1-10-2-3-11(4-7-16(20)21)8-15(10)26(24,25)18-12-5-6-13(17(22)23)14(19)9-12/h2-9,18-19H,1H3,(H,20,21)(H,22,23)/b7-4+. The van der Waals surface area contributed by atoms with Gasteiger partial charge in [0, 0.05) is 12.1 Å². The highest BCUT2D eigenvalue weighted by Gasteiger charge is 2.19. The Bertz CT molecular complexity index is 1010. The highest BCUT2D eigenvalue weighted by molar-refractivity contribution is 7.92. The molecule has 2 aromatic rings. The molecule has 0 atom stereocenters. The van der Waals surface area contributed by atoms with E-state index in [-0.39, 0.29) is 16.1 Å². The molecule has 0 spiro atoms. The summed E-state index contributed by atoms with van der Waals surface area (Å²) >= 11 is 0. The lowest BCUT2D eigenvalue weighted by Crippen LogP contribution is -2.14. The third-order valence-electron chi connectivity index (χ3n) is 3.40. The second-order valence-corrected chi connectivity index (χ2v) is 6.99. The van der Waals surface area contributed by atoms with Crippen LogP contribution in [0.4, 0.5) is 5.69 Å². The lowest BCUT2D eigenvalue weighted by molar-refractivity contribution is -0.131. The van der Waals surface area contributed by atoms with Crippen LogP contribution in [0.15, 0.2) is 47.4 Å². The minimum absolute atomic E-state index is 0.0154. The lowest BCUT2D eigenvalue weighted by Gasteiger charge is -2.12. The largest absolute Gasteiger partial charge is 0.507 e. The summed E-state index contributed by atoms with van der Waals surface area (Å²) in [6.45, 7) is 1.57. The Morgan fingerprint density at radius 3 is 2.35 bits per heavy atom. The number of anilines is 1. The van der Waals surface area contributed by atoms with Crippen LogP contribution in [0, 0.1) is 6.92 Å². The van der Waals surface area contributed by atoms with Crippen molar-refractivity contribution in [1.29, 1.82) is 0 Å². The molecule has 0 aliphatic carbocycles. The fourth-order valence-corrected chi connectivity index (χ4v) is 3.49. The molecule has 0 bridgehead atoms. The van der Waals surface area contributed by atoms with E-state index >= 15 is 0 Å². The van der Waals surface area contributed by atoms with E-state index in [1.54, 1.807) is 13.0 Å². The number of hydrogen-bond donors (Lipinski definition) is 4. The number of carbonyl (C=O) groups is 2. The number of rotatable bonds is 6. The van der Waals surface area contributed by atoms with Gasteiger partial charge in [0.25, 0.3) is 10.0 Å². The molecule has 0 saturated heterocycles. The Labute approximate surface area is 149 Å². The molecule has 8 nitrogen and oxygen atoms in total. The maximum absolute atomic E-state index is 12.6. The number of carboxylic acid groups (broad SMARTS) is 2. The predicted molar refractivity (Wildman–Crippen MR) is 93.7 cm³/mol. The first-order valence-electron chi connectivity index (χ1n) is 7.21. The van der Waals surface area contributed by atoms with Crippen LogP contribution in [-0.4, -0.2) is 35.7 Å². The maximum Gasteiger partial charge on any atom is 0.339 e. The average Bonchev–Trinajstić information content (AvgIpc) is 2.53. The van der Waals surface area contributed by atoms with Gasteiger partial charge in [0.2, 0.25) is 0 Å². The highest BCUT2D eigenvalue weighted by Crippen LogP contribution is 2.25. The van der Waals surface area contributed by atoms with E-state index in [2.05, 4.69) is 4.72 Å². The highest BCUT2D eigenvalue weighted by atomic mass is 32.2. The van der Waals surface area contributed by atoms with E-state index in [0.717, 1.165) is 18.2 Å². The van der Waals surface area contributed by atoms with Gasteiger partial charge < -0.3 is 15.3 Å². The fourth-order valence-electron chi connectivity index (χ4n) is 2.16. The lowest BCUT2D eigenvalue weighted by atomic mass is 10.1. The first-order valence-corrected chi connectivity index (χ1v) is 8.69. The zero-order valence-corrected chi connectivity index (χ0v) is 14.3. The van der Waals surface area contributed by atoms with Gasteiger partial charge in [0.05, 0.1) is 10.6 Å². The zero-order valence-electron chi connectivity index (χ0n) is 13.5. The van der Waals surface area contributed by atoms with Gasteiger partial charge in [-0.3, -0.25) is 4.72 Å². The Balaban J connectivity index is 2.38. The summed E-state index contributed by atoms with van der Waals surface area (Å²) in [4.78, 5) is 21.4. The van der Waals surface area contributed by atoms with Gasteiger partial charge in [-0.05, 0) is 42.3 Å². The molecule has 0 amide bonds. The number of sulfonamides is 1. The van der Waals surface area contributed by atoms with Crippen LogP contribution in [0.5, 0.6) is 5.75 Å². The summed E-state index contributed by atoms with van der Waals surface area (Å²) < 4.78 is 27.4. The number of hydrogen-bond acceptors (Lipinski definition) is 5. The summed E-state index contributed by atoms with van der Waals surface area (Å²) in [5.74, 6) is -3.08. The molecule has 0 fully saturated rings. The summed E-state index contributed by atoms with van der Waals surface area (Å²) in [5.41, 5.74) is 0.433. The van der Waals surface area contributed by atoms with E-state index in [4.69, 9.17) is 10.2 Å². The van der Waals surface area contributed by atoms with Gasteiger partial charge >= 0.3 is 11.9 Å². The van der Waals surface area contributed by atoms with Crippen LogP contribution in [0.2, 0.25) is 0 Å². The summed E-state index contributed by atoms with van der Waals surface area (Å²) in [6.07, 6.45) is 2.14. The van der Waals surface area contributed by atoms with E-state index in [9.17, 15) is 23.1 Å². The number of aromatic carboxylic acids is 1. The molecule has 2 aromatic carbocycles. The van der Waals surface area contributed by atoms with Gasteiger partial charge in [-0.15, -0.1) is 0 Å². The molecule has 136 valence electrons. The van der Waals surface area contributed by atoms with Crippen LogP contribution >= 0.6 is 0 Å². The first-order chi connectivity index (χ1) is 12.1. The van der Waals surface area contributed by atoms with Crippen LogP contribution in [0.3, 0.4) is 0 Å². The van der Waals surface area contributed by atoms with Gasteiger partial charge in [-0.2, -0.15) is 0 Å². The molecular weight excluding hydrogens is 362 g/mol. The molecule has 0 heterocycles. The van der Waals surface area contributed by atoms with Crippen molar-refractivity contribution < 1.29 is 33.3 Å². The smallest absolute Gasteiger partial charge is 0.339 e. The molecule has 0 saturated carbocycles. The van der Waals surface area contributed by atoms with Crippen molar-refractivity contribution in [2.75, 3.05) is 4.72 Å². The number of aliphatic carboxylic acids is 1. The summed E-state index contributed by atoms with van der Waals surface area (Å²) in [6, 6.07) is 7.69. The van der Waals surface area contributed by atoms with E-state index in [1.807, 2.05) is 0 Å². The summed E-state index contributed by atoms with van der Waals surface area (Å²) in [7, 11) is -4.04. The Kier molecular flexibility index (Phi) is 5.32. The van der Waals surface area contributed by atoms with Gasteiger partial charge in [-0.25, -0.2) is 18.0 Å². The molecule has 0 unspecified atom stereocenters. The second kappa shape index (κ2) is 7.28. The molecule has 0 aromatic heterocycles. The number of aromatic hydroxyl groups is 1. The molecule has 0 radical (unpaired) electrons. The fraction of sp³-hybridized carbons (Fsp3) is 0.0588. The quantitative estimate of drug-likeness (QED) is 0.566. The van der Waals surface area contributed by atoms with Crippen molar-refractivity contribution in [3.63, 3.8) is 0 Å². The third-order valence-corrected chi connectivity index (χ3v) is 4.92. The number of nitrogens with one attached hydrogen (secondary N) is 1. The summed E-state index contributed by atoms with van der Waals surface area (Å²) in [5, 5.41) is 27.2. The minimum atomic E-state index is -4.04. The molecule has 2 rings (SSSR count). The topological polar surface area (TPSA) is 141 Å². The molecule has 0 aliphatic heterocycles.